The molecule has 0 radical (unpaired) electrons. The third-order valence-electron chi connectivity index (χ3n) is 5.07. The highest BCUT2D eigenvalue weighted by molar-refractivity contribution is 8.00. The van der Waals surface area contributed by atoms with Gasteiger partial charge in [-0.05, 0) is 0 Å². The summed E-state index contributed by atoms with van der Waals surface area (Å²) >= 11 is 2.15. The predicted molar refractivity (Wildman–Crippen MR) is 128 cm³/mol. The first-order valence-electron chi connectivity index (χ1n) is 10.1. The van der Waals surface area contributed by atoms with Crippen LogP contribution in [-0.4, -0.2) is 72.6 Å². The molecule has 0 bridgehead atoms. The van der Waals surface area contributed by atoms with Crippen molar-refractivity contribution < 1.29 is 43.2 Å². The summed E-state index contributed by atoms with van der Waals surface area (Å²) in [5.74, 6) is -2.31. The number of amides is 2. The fourth-order valence-corrected chi connectivity index (χ4v) is 6.37. The lowest BCUT2D eigenvalue weighted by molar-refractivity contribution is -0.689. The van der Waals surface area contributed by atoms with Crippen molar-refractivity contribution in [2.75, 3.05) is 17.9 Å². The normalized spacial score (nSPS) is 19.9. The third kappa shape index (κ3) is 5.42. The Bertz CT molecular complexity index is 1310. The zero-order valence-corrected chi connectivity index (χ0v) is 21.0. The van der Waals surface area contributed by atoms with Crippen LogP contribution >= 0.6 is 30.8 Å². The van der Waals surface area contributed by atoms with E-state index in [9.17, 15) is 24.1 Å². The minimum atomic E-state index is -4.61. The third-order valence-corrected chi connectivity index (χ3v) is 7.82. The van der Waals surface area contributed by atoms with Crippen molar-refractivity contribution in [3.8, 4) is 0 Å². The van der Waals surface area contributed by atoms with Gasteiger partial charge < -0.3 is 25.0 Å². The predicted octanol–water partition coefficient (Wildman–Crippen LogP) is -0.275. The van der Waals surface area contributed by atoms with E-state index < -0.39 is 36.9 Å². The Labute approximate surface area is 211 Å². The second-order valence-corrected chi connectivity index (χ2v) is 10.8. The lowest BCUT2D eigenvalue weighted by atomic mass is 10.0. The van der Waals surface area contributed by atoms with Crippen LogP contribution in [0.1, 0.15) is 5.69 Å². The quantitative estimate of drug-likeness (QED) is 0.0898. The van der Waals surface area contributed by atoms with Crippen molar-refractivity contribution in [1.29, 1.82) is 0 Å². The molecule has 190 valence electrons. The maximum Gasteiger partial charge on any atom is 0.429 e. The van der Waals surface area contributed by atoms with Crippen molar-refractivity contribution in [2.24, 2.45) is 5.16 Å². The minimum Gasteiger partial charge on any atom is -0.477 e. The first kappa shape index (κ1) is 25.8. The Morgan fingerprint density at radius 1 is 1.33 bits per heavy atom. The van der Waals surface area contributed by atoms with Crippen LogP contribution in [0.2, 0.25) is 0 Å². The molecule has 1 saturated heterocycles. The summed E-state index contributed by atoms with van der Waals surface area (Å²) in [4.78, 5) is 65.8. The number of nitrogens with zero attached hydrogens (tertiary/aromatic N) is 4. The highest BCUT2D eigenvalue weighted by Gasteiger charge is 2.54. The SMILES string of the molecule is CO/N=C(/C(=O)NC1C(=O)N2C(C(=O)O)=C(C[n+]3ccccc3)CS[C@H]12)c1csc(NP(=O)(O)O)n1. The molecule has 0 spiro atoms. The maximum atomic E-state index is 12.9. The number of pyridine rings is 1. The number of fused-ring (bicyclic) bond motifs is 1. The van der Waals surface area contributed by atoms with E-state index in [0.29, 0.717) is 17.9 Å². The van der Waals surface area contributed by atoms with Crippen molar-refractivity contribution in [2.45, 2.75) is 18.0 Å². The van der Waals surface area contributed by atoms with E-state index in [-0.39, 0.29) is 22.2 Å². The van der Waals surface area contributed by atoms with Gasteiger partial charge in [0.2, 0.25) is 0 Å². The lowest BCUT2D eigenvalue weighted by Gasteiger charge is -2.49. The summed E-state index contributed by atoms with van der Waals surface area (Å²) in [6.45, 7) is 0.294. The standard InChI is InChI=1S/C19H19N6O8PS2/c1-33-22-12(11-9-36-19(20-11)23-34(30,31)32)15(26)21-13-16(27)25-14(18(28)29)10(8-35-17(13)25)7-24-5-3-2-4-6-24/h2-6,9,13,17H,7-8H2,1H3,(H4-,20,21,23,26,28,29,30,31,32)/p+1/b22-12+/t13?,17-/m1/s1. The number of carbonyl (C=O) groups is 3. The highest BCUT2D eigenvalue weighted by Crippen LogP contribution is 2.40. The van der Waals surface area contributed by atoms with Gasteiger partial charge in [0.15, 0.2) is 29.8 Å². The fraction of sp³-hybridized carbons (Fsp3) is 0.263. The van der Waals surface area contributed by atoms with Gasteiger partial charge in [0, 0.05) is 28.8 Å². The summed E-state index contributed by atoms with van der Waals surface area (Å²) in [6, 6.07) is 4.44. The second-order valence-electron chi connectivity index (χ2n) is 7.48. The molecule has 4 heterocycles. The number of thioether (sulfide) groups is 1. The summed E-state index contributed by atoms with van der Waals surface area (Å²) in [6.07, 6.45) is 3.58. The van der Waals surface area contributed by atoms with Gasteiger partial charge in [-0.25, -0.2) is 18.9 Å². The molecule has 2 aromatic heterocycles. The number of rotatable bonds is 9. The Balaban J connectivity index is 1.51. The molecule has 2 aliphatic heterocycles. The highest BCUT2D eigenvalue weighted by atomic mass is 32.2. The van der Waals surface area contributed by atoms with E-state index in [0.717, 1.165) is 16.2 Å². The number of thiazole rings is 1. The monoisotopic (exact) mass is 555 g/mol. The van der Waals surface area contributed by atoms with Crippen LogP contribution in [0.5, 0.6) is 0 Å². The number of carboxylic acid groups (broad SMARTS) is 1. The topological polar surface area (TPSA) is 195 Å². The van der Waals surface area contributed by atoms with Gasteiger partial charge in [-0.1, -0.05) is 11.2 Å². The minimum absolute atomic E-state index is 0.0384. The molecule has 2 aromatic rings. The molecule has 4 rings (SSSR count). The molecule has 0 saturated carbocycles. The van der Waals surface area contributed by atoms with Crippen molar-refractivity contribution in [3.63, 3.8) is 0 Å². The number of aliphatic carboxylic acids is 1. The van der Waals surface area contributed by atoms with Crippen LogP contribution in [0.25, 0.3) is 0 Å². The summed E-state index contributed by atoms with van der Waals surface area (Å²) in [5, 5.41) is 18.4. The average molecular weight is 556 g/mol. The van der Waals surface area contributed by atoms with Crippen molar-refractivity contribution in [3.05, 3.63) is 52.9 Å². The number of aromatic nitrogens is 2. The van der Waals surface area contributed by atoms with Crippen LogP contribution in [0, 0.1) is 0 Å². The van der Waals surface area contributed by atoms with Gasteiger partial charge in [-0.3, -0.25) is 19.6 Å². The molecule has 0 aliphatic carbocycles. The van der Waals surface area contributed by atoms with Crippen molar-refractivity contribution in [1.82, 2.24) is 15.2 Å². The molecule has 1 unspecified atom stereocenters. The summed E-state index contributed by atoms with van der Waals surface area (Å²) < 4.78 is 12.9. The molecule has 2 aliphatic rings. The Morgan fingerprint density at radius 3 is 2.69 bits per heavy atom. The molecular weight excluding hydrogens is 535 g/mol. The molecule has 14 nitrogen and oxygen atoms in total. The first-order valence-corrected chi connectivity index (χ1v) is 13.7. The number of hydrogen-bond acceptors (Lipinski definition) is 9. The van der Waals surface area contributed by atoms with E-state index in [1.54, 1.807) is 17.0 Å². The van der Waals surface area contributed by atoms with E-state index in [1.165, 1.54) is 24.3 Å². The number of hydrogen-bond donors (Lipinski definition) is 5. The van der Waals surface area contributed by atoms with Gasteiger partial charge in [0.05, 0.1) is 0 Å². The average Bonchev–Trinajstić information content (AvgIpc) is 3.27. The van der Waals surface area contributed by atoms with E-state index in [1.807, 2.05) is 23.3 Å². The molecule has 0 aromatic carbocycles. The number of oxime groups is 1. The molecule has 17 heteroatoms. The Kier molecular flexibility index (Phi) is 7.42. The Morgan fingerprint density at radius 2 is 2.06 bits per heavy atom. The first-order chi connectivity index (χ1) is 17.1. The second kappa shape index (κ2) is 10.4. The van der Waals surface area contributed by atoms with Crippen LogP contribution in [0.4, 0.5) is 5.13 Å². The van der Waals surface area contributed by atoms with Crippen molar-refractivity contribution >= 4 is 59.5 Å². The zero-order valence-electron chi connectivity index (χ0n) is 18.5. The van der Waals surface area contributed by atoms with Crippen LogP contribution < -0.4 is 15.0 Å². The van der Waals surface area contributed by atoms with Gasteiger partial charge in [-0.15, -0.1) is 23.1 Å². The van der Waals surface area contributed by atoms with Crippen LogP contribution in [-0.2, 0) is 30.3 Å². The number of β-lactam (4-membered cyclic amide) rings is 1. The van der Waals surface area contributed by atoms with Gasteiger partial charge in [-0.2, -0.15) is 0 Å². The maximum absolute atomic E-state index is 12.9. The van der Waals surface area contributed by atoms with Crippen LogP contribution in [0.15, 0.2) is 52.4 Å². The molecule has 5 N–H and O–H groups in total. The van der Waals surface area contributed by atoms with E-state index in [4.69, 9.17) is 14.6 Å². The summed E-state index contributed by atoms with van der Waals surface area (Å²) in [5.41, 5.74) is 0.0922. The summed E-state index contributed by atoms with van der Waals surface area (Å²) in [7, 11) is -3.42. The van der Waals surface area contributed by atoms with E-state index in [2.05, 4.69) is 15.5 Å². The molecule has 2 amide bonds. The lowest BCUT2D eigenvalue weighted by Crippen LogP contribution is -2.71. The van der Waals surface area contributed by atoms with E-state index >= 15 is 0 Å². The number of nitrogens with one attached hydrogen (secondary N) is 2. The van der Waals surface area contributed by atoms with Gasteiger partial charge in [0.1, 0.15) is 29.9 Å². The fourth-order valence-electron chi connectivity index (χ4n) is 3.63. The Hall–Kier alpha value is -3.30. The largest absolute Gasteiger partial charge is 0.477 e. The molecular formula is C19H20N6O8PS2+. The van der Waals surface area contributed by atoms with Gasteiger partial charge in [0.25, 0.3) is 11.8 Å². The smallest absolute Gasteiger partial charge is 0.429 e. The zero-order chi connectivity index (χ0) is 26.0. The molecule has 1 fully saturated rings. The molecule has 36 heavy (non-hydrogen) atoms. The number of anilines is 1. The number of carboxylic acids is 1. The molecule has 2 atom stereocenters. The van der Waals surface area contributed by atoms with Gasteiger partial charge >= 0.3 is 13.7 Å². The number of carbonyl (C=O) groups excluding carboxylic acids is 2. The van der Waals surface area contributed by atoms with Crippen LogP contribution in [0.3, 0.4) is 0 Å².